The molecule has 0 saturated heterocycles. The number of aromatic nitrogens is 1. The highest BCUT2D eigenvalue weighted by Crippen LogP contribution is 2.45. The lowest BCUT2D eigenvalue weighted by Gasteiger charge is -2.17. The van der Waals surface area contributed by atoms with E-state index in [2.05, 4.69) is 24.0 Å². The standard InChI is InChI=1S/C17H18O4.C12H15NO/c1-11(18)12-7-5-6-8-13(12)14-9-10-15(19-2)17(21-4)16(14)20-3;1-9(8-14)6-10-7-13-12-5-3-2-4-11(10)12/h5-10H,1-4H3;2-5,7,9,13-14H,6,8H2,1H3. The summed E-state index contributed by atoms with van der Waals surface area (Å²) in [6.07, 6.45) is 2.97. The first kappa shape index (κ1) is 25.8. The molecular formula is C29H33NO5. The van der Waals surface area contributed by atoms with E-state index in [9.17, 15) is 4.79 Å². The van der Waals surface area contributed by atoms with Gasteiger partial charge in [-0.3, -0.25) is 4.79 Å². The topological polar surface area (TPSA) is 80.8 Å². The summed E-state index contributed by atoms with van der Waals surface area (Å²) in [5, 5.41) is 10.3. The molecule has 6 nitrogen and oxygen atoms in total. The second kappa shape index (κ2) is 12.1. The van der Waals surface area contributed by atoms with Gasteiger partial charge in [-0.25, -0.2) is 0 Å². The van der Waals surface area contributed by atoms with Crippen LogP contribution in [0.5, 0.6) is 17.2 Å². The first-order valence-corrected chi connectivity index (χ1v) is 11.5. The van der Waals surface area contributed by atoms with Crippen molar-refractivity contribution >= 4 is 16.7 Å². The maximum Gasteiger partial charge on any atom is 0.203 e. The third kappa shape index (κ3) is 5.84. The van der Waals surface area contributed by atoms with Gasteiger partial charge < -0.3 is 24.3 Å². The lowest BCUT2D eigenvalue weighted by molar-refractivity contribution is 0.101. The van der Waals surface area contributed by atoms with Crippen LogP contribution in [0.1, 0.15) is 29.8 Å². The van der Waals surface area contributed by atoms with Gasteiger partial charge in [0.1, 0.15) is 0 Å². The van der Waals surface area contributed by atoms with Crippen molar-refractivity contribution < 1.29 is 24.1 Å². The van der Waals surface area contributed by atoms with Crippen LogP contribution in [-0.4, -0.2) is 43.8 Å². The van der Waals surface area contributed by atoms with Crippen LogP contribution in [0.3, 0.4) is 0 Å². The van der Waals surface area contributed by atoms with Crippen LogP contribution in [-0.2, 0) is 6.42 Å². The molecule has 0 saturated carbocycles. The van der Waals surface area contributed by atoms with Crippen molar-refractivity contribution in [3.8, 4) is 28.4 Å². The van der Waals surface area contributed by atoms with Crippen LogP contribution in [0, 0.1) is 5.92 Å². The average Bonchev–Trinajstić information content (AvgIpc) is 3.30. The van der Waals surface area contributed by atoms with Crippen LogP contribution in [0.2, 0.25) is 0 Å². The van der Waals surface area contributed by atoms with Crippen LogP contribution >= 0.6 is 0 Å². The van der Waals surface area contributed by atoms with E-state index in [0.29, 0.717) is 28.7 Å². The lowest BCUT2D eigenvalue weighted by atomic mass is 9.96. The number of carbonyl (C=O) groups is 1. The summed E-state index contributed by atoms with van der Waals surface area (Å²) in [7, 11) is 4.69. The van der Waals surface area contributed by atoms with Crippen LogP contribution in [0.4, 0.5) is 0 Å². The van der Waals surface area contributed by atoms with Crippen molar-refractivity contribution in [2.24, 2.45) is 5.92 Å². The zero-order valence-electron chi connectivity index (χ0n) is 20.9. The number of benzene rings is 3. The molecule has 0 bridgehead atoms. The average molecular weight is 476 g/mol. The minimum atomic E-state index is 0.00226. The van der Waals surface area contributed by atoms with Crippen LogP contribution in [0.15, 0.2) is 66.9 Å². The Morgan fingerprint density at radius 3 is 2.23 bits per heavy atom. The summed E-state index contributed by atoms with van der Waals surface area (Å²) in [6.45, 7) is 3.85. The maximum absolute atomic E-state index is 11.8. The predicted octanol–water partition coefficient (Wildman–Crippen LogP) is 5.92. The van der Waals surface area contributed by atoms with Crippen molar-refractivity contribution in [3.05, 3.63) is 78.0 Å². The van der Waals surface area contributed by atoms with Crippen molar-refractivity contribution in [1.29, 1.82) is 0 Å². The fraction of sp³-hybridized carbons (Fsp3) is 0.276. The van der Waals surface area contributed by atoms with Crippen molar-refractivity contribution in [2.45, 2.75) is 20.3 Å². The Hall–Kier alpha value is -3.77. The van der Waals surface area contributed by atoms with E-state index in [-0.39, 0.29) is 12.4 Å². The number of para-hydroxylation sites is 1. The summed E-state index contributed by atoms with van der Waals surface area (Å²) in [5.41, 5.74) is 4.71. The van der Waals surface area contributed by atoms with E-state index in [1.165, 1.54) is 16.5 Å². The van der Waals surface area contributed by atoms with Gasteiger partial charge in [0.2, 0.25) is 5.75 Å². The van der Waals surface area contributed by atoms with Crippen molar-refractivity contribution in [3.63, 3.8) is 0 Å². The number of ether oxygens (including phenoxy) is 3. The Labute approximate surface area is 206 Å². The number of aromatic amines is 1. The summed E-state index contributed by atoms with van der Waals surface area (Å²) < 4.78 is 16.1. The van der Waals surface area contributed by atoms with Gasteiger partial charge in [0.15, 0.2) is 17.3 Å². The summed E-state index contributed by atoms with van der Waals surface area (Å²) in [4.78, 5) is 15.1. The van der Waals surface area contributed by atoms with Gasteiger partial charge in [0.05, 0.1) is 21.3 Å². The van der Waals surface area contributed by atoms with E-state index >= 15 is 0 Å². The molecule has 184 valence electrons. The van der Waals surface area contributed by atoms with Gasteiger partial charge >= 0.3 is 0 Å². The highest BCUT2D eigenvalue weighted by atomic mass is 16.5. The Balaban J connectivity index is 0.000000211. The first-order valence-electron chi connectivity index (χ1n) is 11.5. The molecule has 35 heavy (non-hydrogen) atoms. The monoisotopic (exact) mass is 475 g/mol. The molecule has 1 heterocycles. The number of hydrogen-bond acceptors (Lipinski definition) is 5. The first-order chi connectivity index (χ1) is 16.9. The molecule has 4 rings (SSSR count). The van der Waals surface area contributed by atoms with Crippen LogP contribution < -0.4 is 14.2 Å². The molecule has 0 aliphatic heterocycles. The minimum absolute atomic E-state index is 0.00226. The molecule has 0 spiro atoms. The summed E-state index contributed by atoms with van der Waals surface area (Å²) in [5.74, 6) is 1.97. The number of Topliss-reactive ketones (excluding diaryl/α,β-unsaturated/α-hetero) is 1. The number of rotatable bonds is 8. The number of nitrogens with one attached hydrogen (secondary N) is 1. The highest BCUT2D eigenvalue weighted by Gasteiger charge is 2.19. The van der Waals surface area contributed by atoms with Gasteiger partial charge in [-0.1, -0.05) is 49.4 Å². The predicted molar refractivity (Wildman–Crippen MR) is 140 cm³/mol. The molecule has 3 aromatic carbocycles. The zero-order valence-corrected chi connectivity index (χ0v) is 20.9. The fourth-order valence-electron chi connectivity index (χ4n) is 4.08. The van der Waals surface area contributed by atoms with E-state index in [0.717, 1.165) is 17.5 Å². The smallest absolute Gasteiger partial charge is 0.203 e. The summed E-state index contributed by atoms with van der Waals surface area (Å²) >= 11 is 0. The SMILES string of the molecule is CC(CO)Cc1c[nH]c2ccccc12.COc1ccc(-c2ccccc2C(C)=O)c(OC)c1OC. The van der Waals surface area contributed by atoms with Gasteiger partial charge in [0.25, 0.3) is 0 Å². The molecule has 1 aromatic heterocycles. The van der Waals surface area contributed by atoms with E-state index in [1.807, 2.05) is 42.6 Å². The number of hydrogen-bond donors (Lipinski definition) is 2. The Bertz CT molecular complexity index is 1280. The number of methoxy groups -OCH3 is 3. The molecule has 6 heteroatoms. The van der Waals surface area contributed by atoms with Gasteiger partial charge in [-0.05, 0) is 48.6 Å². The lowest BCUT2D eigenvalue weighted by Crippen LogP contribution is -2.03. The van der Waals surface area contributed by atoms with Gasteiger partial charge in [0, 0.05) is 34.8 Å². The normalized spacial score (nSPS) is 11.4. The molecule has 1 unspecified atom stereocenters. The third-order valence-electron chi connectivity index (χ3n) is 5.86. The van der Waals surface area contributed by atoms with Gasteiger partial charge in [-0.2, -0.15) is 0 Å². The largest absolute Gasteiger partial charge is 0.493 e. The minimum Gasteiger partial charge on any atom is -0.493 e. The molecular weight excluding hydrogens is 442 g/mol. The molecule has 2 N–H and O–H groups in total. The Morgan fingerprint density at radius 1 is 0.886 bits per heavy atom. The maximum atomic E-state index is 11.8. The molecule has 0 aliphatic carbocycles. The van der Waals surface area contributed by atoms with E-state index < -0.39 is 0 Å². The zero-order chi connectivity index (χ0) is 25.4. The molecule has 0 amide bonds. The number of aliphatic hydroxyl groups is 1. The Morgan fingerprint density at radius 2 is 1.57 bits per heavy atom. The Kier molecular flexibility index (Phi) is 8.92. The quantitative estimate of drug-likeness (QED) is 0.309. The molecule has 1 atom stereocenters. The third-order valence-corrected chi connectivity index (χ3v) is 5.86. The number of ketones is 1. The molecule has 0 radical (unpaired) electrons. The fourth-order valence-corrected chi connectivity index (χ4v) is 4.08. The summed E-state index contributed by atoms with van der Waals surface area (Å²) in [6, 6.07) is 19.3. The van der Waals surface area contributed by atoms with Crippen molar-refractivity contribution in [1.82, 2.24) is 4.98 Å². The van der Waals surface area contributed by atoms with Crippen LogP contribution in [0.25, 0.3) is 22.0 Å². The number of carbonyl (C=O) groups excluding carboxylic acids is 1. The van der Waals surface area contributed by atoms with E-state index in [1.54, 1.807) is 40.4 Å². The molecule has 0 aliphatic rings. The molecule has 4 aromatic rings. The highest BCUT2D eigenvalue weighted by molar-refractivity contribution is 6.01. The van der Waals surface area contributed by atoms with E-state index in [4.69, 9.17) is 19.3 Å². The molecule has 0 fully saturated rings. The van der Waals surface area contributed by atoms with Gasteiger partial charge in [-0.15, -0.1) is 0 Å². The number of aliphatic hydroxyl groups excluding tert-OH is 1. The van der Waals surface area contributed by atoms with Crippen molar-refractivity contribution in [2.75, 3.05) is 27.9 Å². The second-order valence-corrected chi connectivity index (χ2v) is 8.34. The number of fused-ring (bicyclic) bond motifs is 1. The number of H-pyrrole nitrogens is 1. The second-order valence-electron chi connectivity index (χ2n) is 8.34.